The van der Waals surface area contributed by atoms with Crippen LogP contribution in [-0.4, -0.2) is 35.3 Å². The minimum atomic E-state index is -0.199. The summed E-state index contributed by atoms with van der Waals surface area (Å²) in [6.07, 6.45) is 2.44. The first-order valence-electron chi connectivity index (χ1n) is 5.72. The number of hydrogen-bond acceptors (Lipinski definition) is 3. The van der Waals surface area contributed by atoms with E-state index in [1.807, 2.05) is 0 Å². The fraction of sp³-hybridized carbons (Fsp3) is 0.500. The Labute approximate surface area is 98.8 Å². The summed E-state index contributed by atoms with van der Waals surface area (Å²) in [7, 11) is 0. The highest BCUT2D eigenvalue weighted by Gasteiger charge is 2.61. The molecule has 3 rings (SSSR count). The average molecular weight is 234 g/mol. The van der Waals surface area contributed by atoms with Crippen LogP contribution in [0, 0.1) is 5.92 Å². The fourth-order valence-electron chi connectivity index (χ4n) is 2.61. The Morgan fingerprint density at radius 2 is 2.41 bits per heavy atom. The Morgan fingerprint density at radius 3 is 3.00 bits per heavy atom. The summed E-state index contributed by atoms with van der Waals surface area (Å²) in [4.78, 5) is 24.9. The Balaban J connectivity index is 1.68. The fourth-order valence-corrected chi connectivity index (χ4v) is 2.61. The number of nitrogens with one attached hydrogen (secondary N) is 1. The Kier molecular flexibility index (Phi) is 2.05. The predicted octanol–water partition coefficient (Wildman–Crippen LogP) is 0.630. The number of hydrogen-bond donors (Lipinski definition) is 1. The van der Waals surface area contributed by atoms with E-state index in [4.69, 9.17) is 4.42 Å². The average Bonchev–Trinajstić information content (AvgIpc) is 2.76. The van der Waals surface area contributed by atoms with Gasteiger partial charge in [-0.25, -0.2) is 0 Å². The third-order valence-corrected chi connectivity index (χ3v) is 3.70. The van der Waals surface area contributed by atoms with Gasteiger partial charge >= 0.3 is 0 Å². The highest BCUT2D eigenvalue weighted by atomic mass is 16.3. The third kappa shape index (κ3) is 1.62. The molecule has 5 heteroatoms. The van der Waals surface area contributed by atoms with Crippen LogP contribution in [0.3, 0.4) is 0 Å². The first-order chi connectivity index (χ1) is 8.11. The second kappa shape index (κ2) is 3.35. The van der Waals surface area contributed by atoms with Crippen LogP contribution >= 0.6 is 0 Å². The molecule has 1 saturated heterocycles. The van der Waals surface area contributed by atoms with Gasteiger partial charge in [-0.2, -0.15) is 0 Å². The smallest absolute Gasteiger partial charge is 0.287 e. The number of carbonyl (C=O) groups excluding carboxylic acids is 2. The molecular formula is C12H14N2O3. The molecule has 1 N–H and O–H groups in total. The zero-order chi connectivity index (χ0) is 12.0. The topological polar surface area (TPSA) is 62.6 Å². The quantitative estimate of drug-likeness (QED) is 0.816. The minimum absolute atomic E-state index is 0.0730. The Morgan fingerprint density at radius 1 is 1.59 bits per heavy atom. The molecule has 2 heterocycles. The molecule has 17 heavy (non-hydrogen) atoms. The molecule has 5 nitrogen and oxygen atoms in total. The summed E-state index contributed by atoms with van der Waals surface area (Å²) in [6.45, 7) is 2.94. The first-order valence-corrected chi connectivity index (χ1v) is 5.72. The summed E-state index contributed by atoms with van der Waals surface area (Å²) in [6, 6.07) is 3.33. The first kappa shape index (κ1) is 10.4. The van der Waals surface area contributed by atoms with Gasteiger partial charge in [0.2, 0.25) is 5.91 Å². The highest BCUT2D eigenvalue weighted by Crippen LogP contribution is 2.49. The largest absolute Gasteiger partial charge is 0.459 e. The number of rotatable bonds is 2. The Hall–Kier alpha value is -1.78. The number of furan rings is 1. The van der Waals surface area contributed by atoms with Crippen molar-refractivity contribution >= 4 is 11.8 Å². The van der Waals surface area contributed by atoms with Gasteiger partial charge < -0.3 is 14.6 Å². The molecule has 0 bridgehead atoms. The molecule has 2 fully saturated rings. The van der Waals surface area contributed by atoms with Crippen molar-refractivity contribution in [1.82, 2.24) is 10.2 Å². The minimum Gasteiger partial charge on any atom is -0.459 e. The van der Waals surface area contributed by atoms with Crippen LogP contribution in [0.1, 0.15) is 23.9 Å². The molecule has 90 valence electrons. The van der Waals surface area contributed by atoms with Gasteiger partial charge in [-0.05, 0) is 18.6 Å². The maximum absolute atomic E-state index is 11.9. The molecule has 1 aliphatic carbocycles. The normalized spacial score (nSPS) is 29.9. The molecule has 2 amide bonds. The number of amides is 2. The van der Waals surface area contributed by atoms with E-state index in [1.165, 1.54) is 6.26 Å². The zero-order valence-electron chi connectivity index (χ0n) is 9.60. The van der Waals surface area contributed by atoms with E-state index in [2.05, 4.69) is 5.32 Å². The van der Waals surface area contributed by atoms with Gasteiger partial charge in [0.15, 0.2) is 5.76 Å². The van der Waals surface area contributed by atoms with E-state index in [0.717, 1.165) is 13.0 Å². The van der Waals surface area contributed by atoms with Crippen molar-refractivity contribution in [3.8, 4) is 0 Å². The van der Waals surface area contributed by atoms with E-state index in [-0.39, 0.29) is 17.4 Å². The lowest BCUT2D eigenvalue weighted by atomic mass is 10.2. The molecule has 1 aliphatic heterocycles. The van der Waals surface area contributed by atoms with Crippen molar-refractivity contribution in [2.45, 2.75) is 18.9 Å². The number of fused-ring (bicyclic) bond motifs is 1. The molecule has 0 spiro atoms. The van der Waals surface area contributed by atoms with E-state index >= 15 is 0 Å². The van der Waals surface area contributed by atoms with Gasteiger partial charge in [0.05, 0.1) is 11.8 Å². The van der Waals surface area contributed by atoms with Gasteiger partial charge in [-0.3, -0.25) is 9.59 Å². The number of likely N-dealkylation sites (tertiary alicyclic amines) is 1. The predicted molar refractivity (Wildman–Crippen MR) is 59.3 cm³/mol. The van der Waals surface area contributed by atoms with Crippen molar-refractivity contribution < 1.29 is 14.0 Å². The lowest BCUT2D eigenvalue weighted by Crippen LogP contribution is -2.43. The van der Waals surface area contributed by atoms with Crippen molar-refractivity contribution in [3.05, 3.63) is 24.2 Å². The van der Waals surface area contributed by atoms with Crippen LogP contribution in [0.15, 0.2) is 22.8 Å². The molecule has 0 radical (unpaired) electrons. The molecule has 1 aromatic rings. The van der Waals surface area contributed by atoms with Crippen LogP contribution in [0.2, 0.25) is 0 Å². The molecule has 2 atom stereocenters. The standard InChI is InChI=1S/C12H14N2O3/c1-8(15)14-6-9-5-12(9,7-14)13-11(16)10-3-2-4-17-10/h2-4,9H,5-7H2,1H3,(H,13,16)/t9-,12-/m0/s1. The van der Waals surface area contributed by atoms with E-state index in [9.17, 15) is 9.59 Å². The monoisotopic (exact) mass is 234 g/mol. The molecule has 0 unspecified atom stereocenters. The zero-order valence-corrected chi connectivity index (χ0v) is 9.60. The number of nitrogens with zero attached hydrogens (tertiary/aromatic N) is 1. The second-order valence-corrected chi connectivity index (χ2v) is 4.89. The summed E-state index contributed by atoms with van der Waals surface area (Å²) in [5.74, 6) is 0.614. The van der Waals surface area contributed by atoms with Crippen LogP contribution < -0.4 is 5.32 Å². The molecular weight excluding hydrogens is 220 g/mol. The van der Waals surface area contributed by atoms with E-state index < -0.39 is 0 Å². The maximum Gasteiger partial charge on any atom is 0.287 e. The summed E-state index contributed by atoms with van der Waals surface area (Å²) in [5.41, 5.74) is -0.199. The van der Waals surface area contributed by atoms with Gasteiger partial charge in [0.25, 0.3) is 5.91 Å². The number of piperidine rings is 1. The van der Waals surface area contributed by atoms with Crippen LogP contribution in [0.5, 0.6) is 0 Å². The van der Waals surface area contributed by atoms with Crippen LogP contribution in [0.4, 0.5) is 0 Å². The van der Waals surface area contributed by atoms with Gasteiger partial charge in [-0.1, -0.05) is 0 Å². The molecule has 0 aromatic carbocycles. The SMILES string of the molecule is CC(=O)N1C[C@@H]2C[C@]2(NC(=O)c2ccco2)C1. The second-order valence-electron chi connectivity index (χ2n) is 4.89. The lowest BCUT2D eigenvalue weighted by Gasteiger charge is -2.19. The van der Waals surface area contributed by atoms with E-state index in [1.54, 1.807) is 24.0 Å². The molecule has 2 aliphatic rings. The Bertz CT molecular complexity index is 468. The summed E-state index contributed by atoms with van der Waals surface area (Å²) < 4.78 is 5.05. The maximum atomic E-state index is 11.9. The van der Waals surface area contributed by atoms with Gasteiger partial charge in [0.1, 0.15) is 0 Å². The molecule has 1 aromatic heterocycles. The van der Waals surface area contributed by atoms with Gasteiger partial charge in [0, 0.05) is 25.9 Å². The van der Waals surface area contributed by atoms with E-state index in [0.29, 0.717) is 18.2 Å². The van der Waals surface area contributed by atoms with Gasteiger partial charge in [-0.15, -0.1) is 0 Å². The van der Waals surface area contributed by atoms with Crippen LogP contribution in [-0.2, 0) is 4.79 Å². The summed E-state index contributed by atoms with van der Waals surface area (Å²) >= 11 is 0. The summed E-state index contributed by atoms with van der Waals surface area (Å²) in [5, 5.41) is 2.99. The van der Waals surface area contributed by atoms with Crippen molar-refractivity contribution in [2.24, 2.45) is 5.92 Å². The van der Waals surface area contributed by atoms with Crippen molar-refractivity contribution in [1.29, 1.82) is 0 Å². The lowest BCUT2D eigenvalue weighted by molar-refractivity contribution is -0.128. The molecule has 1 saturated carbocycles. The van der Waals surface area contributed by atoms with Crippen molar-refractivity contribution in [3.63, 3.8) is 0 Å². The highest BCUT2D eigenvalue weighted by molar-refractivity contribution is 5.92. The third-order valence-electron chi connectivity index (χ3n) is 3.70. The number of carbonyl (C=O) groups is 2. The van der Waals surface area contributed by atoms with Crippen molar-refractivity contribution in [2.75, 3.05) is 13.1 Å². The van der Waals surface area contributed by atoms with Crippen LogP contribution in [0.25, 0.3) is 0 Å².